The van der Waals surface area contributed by atoms with Crippen LogP contribution in [0.15, 0.2) is 59.6 Å². The predicted molar refractivity (Wildman–Crippen MR) is 132 cm³/mol. The highest BCUT2D eigenvalue weighted by atomic mass is 32.2. The van der Waals surface area contributed by atoms with E-state index in [-0.39, 0.29) is 18.2 Å². The Balaban J connectivity index is 1.75. The summed E-state index contributed by atoms with van der Waals surface area (Å²) in [5, 5.41) is 2.97. The van der Waals surface area contributed by atoms with Crippen molar-refractivity contribution in [2.45, 2.75) is 50.7 Å². The van der Waals surface area contributed by atoms with Gasteiger partial charge in [0.05, 0.1) is 12.8 Å². The number of benzene rings is 2. The highest BCUT2D eigenvalue weighted by Gasteiger charge is 2.35. The Morgan fingerprint density at radius 2 is 1.81 bits per heavy atom. The summed E-state index contributed by atoms with van der Waals surface area (Å²) in [5.74, 6) is 0.508. The molecule has 2 amide bonds. The van der Waals surface area contributed by atoms with Crippen LogP contribution in [0.3, 0.4) is 0 Å². The number of amidine groups is 1. The molecule has 1 N–H and O–H groups in total. The molecule has 1 unspecified atom stereocenters. The molecule has 1 heterocycles. The molecule has 0 aromatic heterocycles. The number of carbonyl (C=O) groups excluding carboxylic acids is 2. The number of rotatable bonds is 10. The summed E-state index contributed by atoms with van der Waals surface area (Å²) in [7, 11) is 1.62. The minimum atomic E-state index is -0.518. The van der Waals surface area contributed by atoms with E-state index in [4.69, 9.17) is 9.73 Å². The van der Waals surface area contributed by atoms with Gasteiger partial charge in [-0.15, -0.1) is 0 Å². The van der Waals surface area contributed by atoms with Gasteiger partial charge in [-0.1, -0.05) is 62.6 Å². The smallest absolute Gasteiger partial charge is 0.238 e. The molecule has 32 heavy (non-hydrogen) atoms. The van der Waals surface area contributed by atoms with Crippen molar-refractivity contribution in [3.8, 4) is 5.75 Å². The number of anilines is 1. The van der Waals surface area contributed by atoms with Crippen LogP contribution in [0.2, 0.25) is 0 Å². The topological polar surface area (TPSA) is 71.0 Å². The molecule has 1 fully saturated rings. The number of carbonyl (C=O) groups is 2. The van der Waals surface area contributed by atoms with Gasteiger partial charge >= 0.3 is 0 Å². The summed E-state index contributed by atoms with van der Waals surface area (Å²) in [4.78, 5) is 32.3. The van der Waals surface area contributed by atoms with Gasteiger partial charge in [-0.2, -0.15) is 0 Å². The summed E-state index contributed by atoms with van der Waals surface area (Å²) in [6, 6.07) is 16.7. The van der Waals surface area contributed by atoms with Crippen LogP contribution in [0.25, 0.3) is 0 Å². The van der Waals surface area contributed by atoms with E-state index in [0.29, 0.717) is 11.7 Å². The van der Waals surface area contributed by atoms with Crippen molar-refractivity contribution in [3.05, 3.63) is 54.6 Å². The van der Waals surface area contributed by atoms with Gasteiger partial charge in [-0.25, -0.2) is 4.99 Å². The predicted octanol–water partition coefficient (Wildman–Crippen LogP) is 5.63. The number of aliphatic imine (C=N–C) groups is 1. The van der Waals surface area contributed by atoms with E-state index in [1.54, 1.807) is 12.0 Å². The molecule has 0 bridgehead atoms. The second-order valence-corrected chi connectivity index (χ2v) is 8.89. The minimum Gasteiger partial charge on any atom is -0.497 e. The average Bonchev–Trinajstić information content (AvgIpc) is 2.81. The summed E-state index contributed by atoms with van der Waals surface area (Å²) in [6.45, 7) is 2.81. The van der Waals surface area contributed by atoms with E-state index in [1.165, 1.54) is 31.0 Å². The lowest BCUT2D eigenvalue weighted by atomic mass is 10.1. The van der Waals surface area contributed by atoms with Gasteiger partial charge in [-0.05, 0) is 42.8 Å². The number of methoxy groups -OCH3 is 1. The van der Waals surface area contributed by atoms with Crippen LogP contribution in [0, 0.1) is 0 Å². The fourth-order valence-electron chi connectivity index (χ4n) is 3.45. The van der Waals surface area contributed by atoms with Crippen LogP contribution < -0.4 is 10.1 Å². The maximum absolute atomic E-state index is 13.0. The molecule has 1 aliphatic heterocycles. The standard InChI is InChI=1S/C25H31N3O3S/c1-3-4-5-6-10-17-28-23(29)18-22(24(30)26-19-11-8-7-9-12-19)32-25(28)27-20-13-15-21(31-2)16-14-20/h7-9,11-16,22H,3-6,10,17-18H2,1-2H3,(H,26,30). The summed E-state index contributed by atoms with van der Waals surface area (Å²) in [5.41, 5.74) is 1.44. The van der Waals surface area contributed by atoms with Crippen molar-refractivity contribution in [1.29, 1.82) is 0 Å². The van der Waals surface area contributed by atoms with Crippen molar-refractivity contribution in [3.63, 3.8) is 0 Å². The van der Waals surface area contributed by atoms with Gasteiger partial charge in [-0.3, -0.25) is 14.5 Å². The Kier molecular flexibility index (Phi) is 9.16. The lowest BCUT2D eigenvalue weighted by molar-refractivity contribution is -0.129. The molecule has 0 saturated carbocycles. The van der Waals surface area contributed by atoms with E-state index < -0.39 is 5.25 Å². The van der Waals surface area contributed by atoms with E-state index in [0.717, 1.165) is 30.0 Å². The minimum absolute atomic E-state index is 0.0558. The number of para-hydroxylation sites is 1. The Bertz CT molecular complexity index is 916. The fourth-order valence-corrected chi connectivity index (χ4v) is 4.57. The third-order valence-corrected chi connectivity index (χ3v) is 6.44. The first-order valence-corrected chi connectivity index (χ1v) is 12.0. The van der Waals surface area contributed by atoms with Gasteiger partial charge in [0.15, 0.2) is 5.17 Å². The normalized spacial score (nSPS) is 17.4. The largest absolute Gasteiger partial charge is 0.497 e. The molecule has 1 saturated heterocycles. The summed E-state index contributed by atoms with van der Waals surface area (Å²) >= 11 is 1.36. The zero-order valence-corrected chi connectivity index (χ0v) is 19.6. The van der Waals surface area contributed by atoms with Crippen LogP contribution in [0.4, 0.5) is 11.4 Å². The molecule has 0 spiro atoms. The monoisotopic (exact) mass is 453 g/mol. The number of thioether (sulfide) groups is 1. The maximum atomic E-state index is 13.0. The van der Waals surface area contributed by atoms with Gasteiger partial charge < -0.3 is 10.1 Å². The number of hydrogen-bond donors (Lipinski definition) is 1. The molecule has 1 atom stereocenters. The maximum Gasteiger partial charge on any atom is 0.238 e. The molecule has 1 aliphatic rings. The second-order valence-electron chi connectivity index (χ2n) is 7.72. The van der Waals surface area contributed by atoms with Gasteiger partial charge in [0, 0.05) is 18.7 Å². The molecule has 2 aromatic carbocycles. The number of hydrogen-bond acceptors (Lipinski definition) is 5. The molecule has 0 aliphatic carbocycles. The highest BCUT2D eigenvalue weighted by Crippen LogP contribution is 2.30. The van der Waals surface area contributed by atoms with Crippen LogP contribution in [-0.2, 0) is 9.59 Å². The van der Waals surface area contributed by atoms with Crippen LogP contribution in [0.5, 0.6) is 5.75 Å². The fraction of sp³-hybridized carbons (Fsp3) is 0.400. The van der Waals surface area contributed by atoms with Gasteiger partial charge in [0.1, 0.15) is 11.0 Å². The Labute approximate surface area is 194 Å². The van der Waals surface area contributed by atoms with E-state index in [1.807, 2.05) is 54.6 Å². The van der Waals surface area contributed by atoms with Crippen LogP contribution >= 0.6 is 11.8 Å². The molecule has 0 radical (unpaired) electrons. The van der Waals surface area contributed by atoms with Gasteiger partial charge in [0.2, 0.25) is 11.8 Å². The van der Waals surface area contributed by atoms with Crippen molar-refractivity contribution in [1.82, 2.24) is 4.90 Å². The van der Waals surface area contributed by atoms with Crippen LogP contribution in [-0.4, -0.2) is 40.8 Å². The van der Waals surface area contributed by atoms with Crippen molar-refractivity contribution < 1.29 is 14.3 Å². The van der Waals surface area contributed by atoms with Gasteiger partial charge in [0.25, 0.3) is 0 Å². The van der Waals surface area contributed by atoms with E-state index in [2.05, 4.69) is 12.2 Å². The summed E-state index contributed by atoms with van der Waals surface area (Å²) < 4.78 is 5.22. The Hall–Kier alpha value is -2.80. The quantitative estimate of drug-likeness (QED) is 0.474. The molecular weight excluding hydrogens is 422 g/mol. The molecule has 3 rings (SSSR count). The first kappa shape index (κ1) is 23.9. The van der Waals surface area contributed by atoms with Crippen molar-refractivity contribution >= 4 is 40.1 Å². The molecule has 7 heteroatoms. The average molecular weight is 454 g/mol. The number of nitrogens with zero attached hydrogens (tertiary/aromatic N) is 2. The third-order valence-electron chi connectivity index (χ3n) is 5.26. The second kappa shape index (κ2) is 12.3. The Morgan fingerprint density at radius 1 is 1.09 bits per heavy atom. The Morgan fingerprint density at radius 3 is 2.50 bits per heavy atom. The molecule has 6 nitrogen and oxygen atoms in total. The lowest BCUT2D eigenvalue weighted by Crippen LogP contribution is -2.45. The zero-order valence-electron chi connectivity index (χ0n) is 18.8. The number of ether oxygens (including phenoxy) is 1. The molecular formula is C25H31N3O3S. The first-order chi connectivity index (χ1) is 15.6. The molecule has 170 valence electrons. The number of unbranched alkanes of at least 4 members (excludes halogenated alkanes) is 4. The number of nitrogens with one attached hydrogen (secondary N) is 1. The number of amides is 2. The first-order valence-electron chi connectivity index (χ1n) is 11.2. The molecule has 2 aromatic rings. The van der Waals surface area contributed by atoms with Crippen LogP contribution in [0.1, 0.15) is 45.4 Å². The SMILES string of the molecule is CCCCCCCN1C(=O)CC(C(=O)Nc2ccccc2)SC1=Nc1ccc(OC)cc1. The third kappa shape index (κ3) is 6.85. The van der Waals surface area contributed by atoms with Crippen molar-refractivity contribution in [2.24, 2.45) is 4.99 Å². The van der Waals surface area contributed by atoms with Crippen molar-refractivity contribution in [2.75, 3.05) is 19.0 Å². The summed E-state index contributed by atoms with van der Waals surface area (Å²) in [6.07, 6.45) is 5.72. The lowest BCUT2D eigenvalue weighted by Gasteiger charge is -2.32. The van der Waals surface area contributed by atoms with E-state index >= 15 is 0 Å². The zero-order chi connectivity index (χ0) is 22.8. The van der Waals surface area contributed by atoms with E-state index in [9.17, 15) is 9.59 Å². The highest BCUT2D eigenvalue weighted by molar-refractivity contribution is 8.15.